The molecule has 1 atom stereocenters. The molecule has 152 valence electrons. The van der Waals surface area contributed by atoms with Gasteiger partial charge in [-0.05, 0) is 24.3 Å². The van der Waals surface area contributed by atoms with Crippen molar-refractivity contribution in [3.8, 4) is 11.6 Å². The van der Waals surface area contributed by atoms with Crippen molar-refractivity contribution in [3.05, 3.63) is 53.9 Å². The number of halogens is 3. The van der Waals surface area contributed by atoms with Crippen LogP contribution in [0.2, 0.25) is 0 Å². The van der Waals surface area contributed by atoms with Crippen molar-refractivity contribution in [2.75, 3.05) is 20.2 Å². The normalized spacial score (nSPS) is 17.0. The number of likely N-dealkylation sites (tertiary alicyclic amines) is 1. The van der Waals surface area contributed by atoms with Gasteiger partial charge in [0.05, 0.1) is 19.2 Å². The van der Waals surface area contributed by atoms with Crippen molar-refractivity contribution in [2.45, 2.75) is 18.7 Å². The lowest BCUT2D eigenvalue weighted by Gasteiger charge is -2.16. The first kappa shape index (κ1) is 19.1. The zero-order valence-electron chi connectivity index (χ0n) is 15.5. The molecule has 0 bridgehead atoms. The number of aromatic amines is 1. The van der Waals surface area contributed by atoms with E-state index in [9.17, 15) is 18.0 Å². The lowest BCUT2D eigenvalue weighted by Crippen LogP contribution is -2.31. The Labute approximate surface area is 164 Å². The molecule has 1 unspecified atom stereocenters. The van der Waals surface area contributed by atoms with Crippen LogP contribution in [0.15, 0.2) is 42.6 Å². The molecule has 1 amide bonds. The molecule has 0 spiro atoms. The Hall–Kier alpha value is -3.23. The number of benzene rings is 1. The molecule has 0 aliphatic carbocycles. The molecular weight excluding hydrogens is 387 g/mol. The van der Waals surface area contributed by atoms with E-state index < -0.39 is 17.8 Å². The number of ether oxygens (including phenoxy) is 2. The van der Waals surface area contributed by atoms with Crippen LogP contribution in [0.25, 0.3) is 10.9 Å². The summed E-state index contributed by atoms with van der Waals surface area (Å²) in [5.74, 6) is 0.390. The molecule has 4 rings (SSSR count). The van der Waals surface area contributed by atoms with E-state index in [-0.39, 0.29) is 18.3 Å². The van der Waals surface area contributed by atoms with Crippen LogP contribution in [-0.4, -0.2) is 47.1 Å². The van der Waals surface area contributed by atoms with Crippen LogP contribution in [0.1, 0.15) is 22.5 Å². The van der Waals surface area contributed by atoms with Crippen LogP contribution in [0.4, 0.5) is 13.2 Å². The van der Waals surface area contributed by atoms with Crippen molar-refractivity contribution in [2.24, 2.45) is 0 Å². The first-order valence-corrected chi connectivity index (χ1v) is 8.99. The smallest absolute Gasteiger partial charge is 0.416 e. The number of amides is 1. The average Bonchev–Trinajstić information content (AvgIpc) is 3.33. The molecule has 0 radical (unpaired) electrons. The predicted octanol–water partition coefficient (Wildman–Crippen LogP) is 3.88. The number of H-pyrrole nitrogens is 1. The molecule has 3 heterocycles. The minimum Gasteiger partial charge on any atom is -0.497 e. The van der Waals surface area contributed by atoms with Crippen molar-refractivity contribution in [3.63, 3.8) is 0 Å². The van der Waals surface area contributed by atoms with E-state index in [1.807, 2.05) is 12.1 Å². The second kappa shape index (κ2) is 7.31. The summed E-state index contributed by atoms with van der Waals surface area (Å²) in [6.07, 6.45) is -3.30. The van der Waals surface area contributed by atoms with Gasteiger partial charge in [0, 0.05) is 42.2 Å². The number of alkyl halides is 3. The maximum atomic E-state index is 12.8. The SMILES string of the molecule is COc1ccc2cc(C(=O)N3CCC(Oc4cc(C(F)(F)F)ccn4)C3)[nH]c2c1. The second-order valence-electron chi connectivity index (χ2n) is 6.80. The highest BCUT2D eigenvalue weighted by Gasteiger charge is 2.32. The largest absolute Gasteiger partial charge is 0.497 e. The van der Waals surface area contributed by atoms with Gasteiger partial charge in [0.1, 0.15) is 17.5 Å². The summed E-state index contributed by atoms with van der Waals surface area (Å²) in [6, 6.07) is 9.00. The van der Waals surface area contributed by atoms with E-state index in [4.69, 9.17) is 9.47 Å². The highest BCUT2D eigenvalue weighted by Crippen LogP contribution is 2.31. The highest BCUT2D eigenvalue weighted by atomic mass is 19.4. The maximum Gasteiger partial charge on any atom is 0.416 e. The molecule has 0 saturated carbocycles. The second-order valence-corrected chi connectivity index (χ2v) is 6.80. The monoisotopic (exact) mass is 405 g/mol. The number of nitrogens with one attached hydrogen (secondary N) is 1. The molecule has 6 nitrogen and oxygen atoms in total. The van der Waals surface area contributed by atoms with Crippen molar-refractivity contribution in [1.82, 2.24) is 14.9 Å². The molecule has 1 fully saturated rings. The molecular formula is C20H18F3N3O3. The van der Waals surface area contributed by atoms with Gasteiger partial charge in [0.25, 0.3) is 5.91 Å². The van der Waals surface area contributed by atoms with Crippen molar-refractivity contribution in [1.29, 1.82) is 0 Å². The number of hydrogen-bond donors (Lipinski definition) is 1. The number of nitrogens with zero attached hydrogens (tertiary/aromatic N) is 2. The van der Waals surface area contributed by atoms with Crippen molar-refractivity contribution < 1.29 is 27.4 Å². The molecule has 1 aromatic carbocycles. The fourth-order valence-electron chi connectivity index (χ4n) is 3.35. The molecule has 9 heteroatoms. The molecule has 1 saturated heterocycles. The third-order valence-electron chi connectivity index (χ3n) is 4.84. The van der Waals surface area contributed by atoms with Gasteiger partial charge < -0.3 is 19.4 Å². The Morgan fingerprint density at radius 1 is 1.24 bits per heavy atom. The summed E-state index contributed by atoms with van der Waals surface area (Å²) >= 11 is 0. The zero-order valence-corrected chi connectivity index (χ0v) is 15.5. The molecule has 29 heavy (non-hydrogen) atoms. The summed E-state index contributed by atoms with van der Waals surface area (Å²) in [4.78, 5) is 21.3. The maximum absolute atomic E-state index is 12.8. The van der Waals surface area contributed by atoms with Gasteiger partial charge in [-0.1, -0.05) is 0 Å². The number of hydrogen-bond acceptors (Lipinski definition) is 4. The van der Waals surface area contributed by atoms with Gasteiger partial charge in [-0.15, -0.1) is 0 Å². The highest BCUT2D eigenvalue weighted by molar-refractivity contribution is 5.98. The number of carbonyl (C=O) groups is 1. The van der Waals surface area contributed by atoms with E-state index >= 15 is 0 Å². The van der Waals surface area contributed by atoms with Gasteiger partial charge in [0.2, 0.25) is 5.88 Å². The average molecular weight is 405 g/mol. The van der Waals surface area contributed by atoms with Gasteiger partial charge in [-0.3, -0.25) is 4.79 Å². The van der Waals surface area contributed by atoms with Crippen LogP contribution >= 0.6 is 0 Å². The Morgan fingerprint density at radius 2 is 2.07 bits per heavy atom. The quantitative estimate of drug-likeness (QED) is 0.715. The van der Waals surface area contributed by atoms with E-state index in [1.54, 1.807) is 24.1 Å². The first-order chi connectivity index (χ1) is 13.8. The number of pyridine rings is 1. The Morgan fingerprint density at radius 3 is 2.83 bits per heavy atom. The summed E-state index contributed by atoms with van der Waals surface area (Å²) in [6.45, 7) is 0.719. The van der Waals surface area contributed by atoms with Gasteiger partial charge in [-0.2, -0.15) is 13.2 Å². The van der Waals surface area contributed by atoms with Gasteiger partial charge in [0.15, 0.2) is 0 Å². The zero-order chi connectivity index (χ0) is 20.6. The Balaban J connectivity index is 1.44. The van der Waals surface area contributed by atoms with Gasteiger partial charge >= 0.3 is 6.18 Å². The molecule has 1 aliphatic rings. The van der Waals surface area contributed by atoms with Crippen LogP contribution in [-0.2, 0) is 6.18 Å². The third kappa shape index (κ3) is 3.98. The van der Waals surface area contributed by atoms with E-state index in [2.05, 4.69) is 9.97 Å². The number of methoxy groups -OCH3 is 1. The minimum absolute atomic E-state index is 0.100. The molecule has 2 aromatic heterocycles. The minimum atomic E-state index is -4.46. The van der Waals surface area contributed by atoms with E-state index in [0.717, 1.165) is 29.2 Å². The third-order valence-corrected chi connectivity index (χ3v) is 4.84. The number of rotatable bonds is 4. The van der Waals surface area contributed by atoms with Crippen LogP contribution in [0.5, 0.6) is 11.6 Å². The van der Waals surface area contributed by atoms with Crippen LogP contribution < -0.4 is 9.47 Å². The van der Waals surface area contributed by atoms with Crippen LogP contribution in [0, 0.1) is 0 Å². The summed E-state index contributed by atoms with van der Waals surface area (Å²) in [5.41, 5.74) is 0.404. The molecule has 1 N–H and O–H groups in total. The number of carbonyl (C=O) groups excluding carboxylic acids is 1. The fourth-order valence-corrected chi connectivity index (χ4v) is 3.35. The lowest BCUT2D eigenvalue weighted by molar-refractivity contribution is -0.137. The molecule has 3 aromatic rings. The van der Waals surface area contributed by atoms with E-state index in [1.165, 1.54) is 0 Å². The fraction of sp³-hybridized carbons (Fsp3) is 0.300. The summed E-state index contributed by atoms with van der Waals surface area (Å²) < 4.78 is 49.2. The first-order valence-electron chi connectivity index (χ1n) is 8.99. The van der Waals surface area contributed by atoms with E-state index in [0.29, 0.717) is 24.4 Å². The standard InChI is InChI=1S/C20H18F3N3O3/c1-28-14-3-2-12-8-17(25-16(12)10-14)19(27)26-7-5-15(11-26)29-18-9-13(4-6-24-18)20(21,22)23/h2-4,6,8-10,15,25H,5,7,11H2,1H3. The topological polar surface area (TPSA) is 67.4 Å². The number of fused-ring (bicyclic) bond motifs is 1. The van der Waals surface area contributed by atoms with Crippen molar-refractivity contribution >= 4 is 16.8 Å². The Bertz CT molecular complexity index is 1050. The summed E-state index contributed by atoms with van der Waals surface area (Å²) in [5, 5.41) is 0.884. The Kier molecular flexibility index (Phi) is 4.81. The summed E-state index contributed by atoms with van der Waals surface area (Å²) in [7, 11) is 1.57. The number of aromatic nitrogens is 2. The lowest BCUT2D eigenvalue weighted by atomic mass is 10.2. The van der Waals surface area contributed by atoms with Gasteiger partial charge in [-0.25, -0.2) is 4.98 Å². The molecule has 1 aliphatic heterocycles. The van der Waals surface area contributed by atoms with Crippen LogP contribution in [0.3, 0.4) is 0 Å². The predicted molar refractivity (Wildman–Crippen MR) is 99.0 cm³/mol.